The van der Waals surface area contributed by atoms with Gasteiger partial charge in [0.25, 0.3) is 0 Å². The van der Waals surface area contributed by atoms with Crippen LogP contribution in [-0.4, -0.2) is 78.7 Å². The molecule has 0 aromatic rings. The number of carbonyl (C=O) groups is 4. The average molecular weight is 392 g/mol. The highest BCUT2D eigenvalue weighted by Gasteiger charge is 2.13. The molecule has 0 bridgehead atoms. The Bertz CT molecular complexity index is 465. The Morgan fingerprint density at radius 3 is 2.19 bits per heavy atom. The van der Waals surface area contributed by atoms with E-state index in [0.29, 0.717) is 0 Å². The number of aliphatic carboxylic acids is 2. The number of carboxylic acid groups (broad SMARTS) is 2. The molecular formula is C15H28N4O6S. The first kappa shape index (κ1) is 26.1. The predicted molar refractivity (Wildman–Crippen MR) is 99.9 cm³/mol. The second-order valence-electron chi connectivity index (χ2n) is 4.92. The van der Waals surface area contributed by atoms with Gasteiger partial charge in [0.05, 0.1) is 6.54 Å². The molecule has 10 nitrogen and oxygen atoms in total. The number of rotatable bonds is 12. The number of hydrogen-bond donors (Lipinski definition) is 6. The van der Waals surface area contributed by atoms with E-state index in [-0.39, 0.29) is 19.4 Å². The maximum atomic E-state index is 11.2. The second-order valence-corrected chi connectivity index (χ2v) is 5.83. The van der Waals surface area contributed by atoms with Crippen LogP contribution in [0, 0.1) is 0 Å². The molecule has 0 heterocycles. The van der Waals surface area contributed by atoms with E-state index in [1.54, 1.807) is 0 Å². The number of nitrogens with one attached hydrogen (secondary N) is 3. The molecule has 1 atom stereocenters. The number of likely N-dealkylation sites (N-methyl/N-ethyl adjacent to an activating group) is 1. The lowest BCUT2D eigenvalue weighted by molar-refractivity contribution is -0.139. The van der Waals surface area contributed by atoms with Crippen molar-refractivity contribution in [2.45, 2.75) is 18.9 Å². The molecule has 0 aliphatic carbocycles. The van der Waals surface area contributed by atoms with Crippen LogP contribution in [0.4, 0.5) is 0 Å². The van der Waals surface area contributed by atoms with Crippen LogP contribution in [0.3, 0.4) is 0 Å². The van der Waals surface area contributed by atoms with Crippen molar-refractivity contribution >= 4 is 35.5 Å². The van der Waals surface area contributed by atoms with Crippen molar-refractivity contribution in [3.05, 3.63) is 12.2 Å². The Labute approximate surface area is 157 Å². The van der Waals surface area contributed by atoms with E-state index in [0.717, 1.165) is 12.3 Å². The summed E-state index contributed by atoms with van der Waals surface area (Å²) in [5, 5.41) is 24.0. The monoisotopic (exact) mass is 392 g/mol. The normalized spacial score (nSPS) is 11.2. The van der Waals surface area contributed by atoms with Crippen LogP contribution >= 0.6 is 11.8 Å². The van der Waals surface area contributed by atoms with E-state index >= 15 is 0 Å². The fraction of sp³-hybridized carbons (Fsp3) is 0.600. The van der Waals surface area contributed by atoms with E-state index in [1.165, 1.54) is 0 Å². The summed E-state index contributed by atoms with van der Waals surface area (Å²) in [4.78, 5) is 42.6. The summed E-state index contributed by atoms with van der Waals surface area (Å²) >= 11 is 1.84. The van der Waals surface area contributed by atoms with Gasteiger partial charge in [-0.3, -0.25) is 19.2 Å². The standard InChI is InChI=1S/C9H15N3O6.C6H13NS/c10-5(9(17)18)1-2-6(13)11-3-7(14)12-4-8(15)16;1-7-5-3-4-6-8-2/h5H,1-4,10H2,(H,11,13)(H,12,14)(H,15,16)(H,17,18);3-4,7H,5-6H2,1-2H3/b;4-3+. The van der Waals surface area contributed by atoms with Gasteiger partial charge in [-0.25, -0.2) is 0 Å². The van der Waals surface area contributed by atoms with Gasteiger partial charge in [0.2, 0.25) is 11.8 Å². The number of nitrogens with two attached hydrogens (primary N) is 1. The molecule has 1 unspecified atom stereocenters. The molecule has 150 valence electrons. The summed E-state index contributed by atoms with van der Waals surface area (Å²) < 4.78 is 0. The topological polar surface area (TPSA) is 171 Å². The van der Waals surface area contributed by atoms with Crippen LogP contribution in [0.2, 0.25) is 0 Å². The molecule has 0 aliphatic rings. The molecule has 7 N–H and O–H groups in total. The number of amides is 2. The van der Waals surface area contributed by atoms with Crippen LogP contribution in [0.1, 0.15) is 12.8 Å². The lowest BCUT2D eigenvalue weighted by Crippen LogP contribution is -2.39. The molecule has 2 amide bonds. The fourth-order valence-corrected chi connectivity index (χ4v) is 1.61. The smallest absolute Gasteiger partial charge is 0.322 e. The Kier molecular flexibility index (Phi) is 17.8. The molecular weight excluding hydrogens is 364 g/mol. The first-order chi connectivity index (χ1) is 12.2. The molecule has 26 heavy (non-hydrogen) atoms. The minimum atomic E-state index is -1.21. The largest absolute Gasteiger partial charge is 0.480 e. The van der Waals surface area contributed by atoms with E-state index in [9.17, 15) is 19.2 Å². The third-order valence-corrected chi connectivity index (χ3v) is 3.16. The summed E-state index contributed by atoms with van der Waals surface area (Å²) in [6.07, 6.45) is 6.24. The number of carbonyl (C=O) groups excluding carboxylic acids is 2. The molecule has 0 aromatic heterocycles. The van der Waals surface area contributed by atoms with Crippen molar-refractivity contribution in [2.75, 3.05) is 38.7 Å². The van der Waals surface area contributed by atoms with Crippen LogP contribution in [-0.2, 0) is 19.2 Å². The molecule has 0 rings (SSSR count). The minimum Gasteiger partial charge on any atom is -0.480 e. The third-order valence-electron chi connectivity index (χ3n) is 2.63. The van der Waals surface area contributed by atoms with Crippen molar-refractivity contribution in [3.8, 4) is 0 Å². The van der Waals surface area contributed by atoms with Crippen molar-refractivity contribution in [1.29, 1.82) is 0 Å². The summed E-state index contributed by atoms with van der Waals surface area (Å²) in [6, 6.07) is -1.13. The fourth-order valence-electron chi connectivity index (χ4n) is 1.28. The van der Waals surface area contributed by atoms with Crippen LogP contribution < -0.4 is 21.7 Å². The SMILES string of the molecule is CNC/C=C/CSC.NC(CCC(=O)NCC(=O)NCC(=O)O)C(=O)O. The Balaban J connectivity index is 0. The summed E-state index contributed by atoms with van der Waals surface area (Å²) in [5.74, 6) is -2.45. The maximum Gasteiger partial charge on any atom is 0.322 e. The maximum absolute atomic E-state index is 11.2. The molecule has 0 spiro atoms. The third kappa shape index (κ3) is 19.9. The lowest BCUT2D eigenvalue weighted by atomic mass is 10.1. The van der Waals surface area contributed by atoms with Gasteiger partial charge in [-0.15, -0.1) is 0 Å². The van der Waals surface area contributed by atoms with E-state index in [4.69, 9.17) is 15.9 Å². The predicted octanol–water partition coefficient (Wildman–Crippen LogP) is -1.38. The summed E-state index contributed by atoms with van der Waals surface area (Å²) in [5.41, 5.74) is 5.18. The zero-order valence-electron chi connectivity index (χ0n) is 15.0. The zero-order valence-corrected chi connectivity index (χ0v) is 15.8. The van der Waals surface area contributed by atoms with Gasteiger partial charge in [-0.1, -0.05) is 12.2 Å². The molecule has 0 radical (unpaired) electrons. The quantitative estimate of drug-likeness (QED) is 0.219. The van der Waals surface area contributed by atoms with Gasteiger partial charge >= 0.3 is 11.9 Å². The summed E-state index contributed by atoms with van der Waals surface area (Å²) in [7, 11) is 1.95. The van der Waals surface area contributed by atoms with Crippen molar-refractivity contribution in [3.63, 3.8) is 0 Å². The second kappa shape index (κ2) is 17.7. The molecule has 0 aromatic carbocycles. The lowest BCUT2D eigenvalue weighted by Gasteiger charge is -2.07. The molecule has 0 fully saturated rings. The summed E-state index contributed by atoms with van der Waals surface area (Å²) in [6.45, 7) is 0.0908. The molecule has 0 saturated heterocycles. The van der Waals surface area contributed by atoms with Gasteiger partial charge in [0.1, 0.15) is 12.6 Å². The van der Waals surface area contributed by atoms with Gasteiger partial charge in [-0.05, 0) is 19.7 Å². The molecule has 0 saturated carbocycles. The van der Waals surface area contributed by atoms with E-state index in [1.807, 2.05) is 24.1 Å². The first-order valence-electron chi connectivity index (χ1n) is 7.76. The van der Waals surface area contributed by atoms with Gasteiger partial charge in [0, 0.05) is 18.7 Å². The Morgan fingerprint density at radius 1 is 1.08 bits per heavy atom. The van der Waals surface area contributed by atoms with Crippen molar-refractivity contribution in [1.82, 2.24) is 16.0 Å². The van der Waals surface area contributed by atoms with Gasteiger partial charge < -0.3 is 31.9 Å². The number of hydrogen-bond acceptors (Lipinski definition) is 7. The first-order valence-corrected chi connectivity index (χ1v) is 9.16. The molecule has 11 heteroatoms. The number of thioether (sulfide) groups is 1. The minimum absolute atomic E-state index is 0.0437. The van der Waals surface area contributed by atoms with Crippen LogP contribution in [0.15, 0.2) is 12.2 Å². The van der Waals surface area contributed by atoms with Crippen molar-refractivity contribution < 1.29 is 29.4 Å². The molecule has 0 aliphatic heterocycles. The highest BCUT2D eigenvalue weighted by Crippen LogP contribution is 1.94. The van der Waals surface area contributed by atoms with E-state index in [2.05, 4.69) is 29.0 Å². The van der Waals surface area contributed by atoms with Crippen LogP contribution in [0.25, 0.3) is 0 Å². The number of carboxylic acids is 2. The van der Waals surface area contributed by atoms with Gasteiger partial charge in [-0.2, -0.15) is 11.8 Å². The average Bonchev–Trinajstić information content (AvgIpc) is 2.60. The highest BCUT2D eigenvalue weighted by atomic mass is 32.2. The Hall–Kier alpha value is -2.11. The van der Waals surface area contributed by atoms with E-state index < -0.39 is 36.3 Å². The Morgan fingerprint density at radius 2 is 1.69 bits per heavy atom. The van der Waals surface area contributed by atoms with Crippen molar-refractivity contribution in [2.24, 2.45) is 5.73 Å². The zero-order chi connectivity index (χ0) is 20.4. The van der Waals surface area contributed by atoms with Gasteiger partial charge in [0.15, 0.2) is 0 Å². The highest BCUT2D eigenvalue weighted by molar-refractivity contribution is 7.98. The van der Waals surface area contributed by atoms with Crippen LogP contribution in [0.5, 0.6) is 0 Å².